The van der Waals surface area contributed by atoms with Crippen LogP contribution in [0.5, 0.6) is 0 Å². The molecule has 0 aromatic rings. The quantitative estimate of drug-likeness (QED) is 0.787. The normalized spacial score (nSPS) is 38.4. The van der Waals surface area contributed by atoms with Gasteiger partial charge in [-0.1, -0.05) is 39.5 Å². The van der Waals surface area contributed by atoms with E-state index in [0.29, 0.717) is 0 Å². The summed E-state index contributed by atoms with van der Waals surface area (Å²) in [6.45, 7) is 5.68. The Bertz CT molecular complexity index is 258. The number of hydrogen-bond donors (Lipinski definition) is 1. The molecule has 0 bridgehead atoms. The molecule has 0 aromatic carbocycles. The second-order valence-corrected chi connectivity index (χ2v) is 7.54. The van der Waals surface area contributed by atoms with Gasteiger partial charge in [-0.15, -0.1) is 0 Å². The van der Waals surface area contributed by atoms with Gasteiger partial charge in [-0.05, 0) is 51.0 Å². The van der Waals surface area contributed by atoms with Gasteiger partial charge in [-0.25, -0.2) is 0 Å². The number of hydrogen-bond acceptors (Lipinski definition) is 2. The summed E-state index contributed by atoms with van der Waals surface area (Å²) in [5.41, 5.74) is 6.55. The molecule has 19 heavy (non-hydrogen) atoms. The highest BCUT2D eigenvalue weighted by atomic mass is 15.2. The number of nitrogens with two attached hydrogens (primary N) is 1. The van der Waals surface area contributed by atoms with E-state index >= 15 is 0 Å². The Balaban J connectivity index is 2.09. The van der Waals surface area contributed by atoms with Gasteiger partial charge in [0.05, 0.1) is 0 Å². The molecule has 2 rings (SSSR count). The van der Waals surface area contributed by atoms with Crippen LogP contribution in [0, 0.1) is 11.8 Å². The summed E-state index contributed by atoms with van der Waals surface area (Å²) in [6, 6.07) is 0.781. The molecule has 2 saturated carbocycles. The van der Waals surface area contributed by atoms with Gasteiger partial charge in [-0.3, -0.25) is 4.90 Å². The van der Waals surface area contributed by atoms with Crippen LogP contribution in [0.4, 0.5) is 0 Å². The predicted molar refractivity (Wildman–Crippen MR) is 83.2 cm³/mol. The Hall–Kier alpha value is -0.0800. The monoisotopic (exact) mass is 266 g/mol. The van der Waals surface area contributed by atoms with Gasteiger partial charge in [0, 0.05) is 18.1 Å². The molecular weight excluding hydrogens is 232 g/mol. The molecule has 0 aliphatic heterocycles. The lowest BCUT2D eigenvalue weighted by molar-refractivity contribution is 0.00446. The predicted octanol–water partition coefficient (Wildman–Crippen LogP) is 3.79. The first-order valence-electron chi connectivity index (χ1n) is 8.50. The van der Waals surface area contributed by atoms with E-state index in [2.05, 4.69) is 25.8 Å². The molecular formula is C17H34N2. The molecule has 0 spiro atoms. The zero-order valence-corrected chi connectivity index (χ0v) is 13.3. The molecule has 0 saturated heterocycles. The molecule has 0 radical (unpaired) electrons. The number of likely N-dealkylation sites (N-methyl/N-ethyl adjacent to an activating group) is 1. The van der Waals surface area contributed by atoms with E-state index in [0.717, 1.165) is 24.4 Å². The molecule has 2 N–H and O–H groups in total. The summed E-state index contributed by atoms with van der Waals surface area (Å²) in [4.78, 5) is 2.71. The van der Waals surface area contributed by atoms with Gasteiger partial charge in [0.15, 0.2) is 0 Å². The van der Waals surface area contributed by atoms with Crippen LogP contribution in [0.25, 0.3) is 0 Å². The average molecular weight is 266 g/mol. The second kappa shape index (κ2) is 6.58. The minimum atomic E-state index is 0.284. The summed E-state index contributed by atoms with van der Waals surface area (Å²) in [7, 11) is 2.37. The summed E-state index contributed by atoms with van der Waals surface area (Å²) in [5.74, 6) is 1.67. The van der Waals surface area contributed by atoms with Crippen LogP contribution in [0.3, 0.4) is 0 Å². The first-order valence-corrected chi connectivity index (χ1v) is 8.50. The lowest BCUT2D eigenvalue weighted by Gasteiger charge is -2.51. The fourth-order valence-corrected chi connectivity index (χ4v) is 4.87. The molecule has 0 heterocycles. The minimum absolute atomic E-state index is 0.284. The molecule has 0 aromatic heterocycles. The van der Waals surface area contributed by atoms with E-state index in [9.17, 15) is 0 Å². The Morgan fingerprint density at radius 3 is 2.00 bits per heavy atom. The van der Waals surface area contributed by atoms with Crippen LogP contribution in [0.1, 0.15) is 71.6 Å². The topological polar surface area (TPSA) is 29.3 Å². The van der Waals surface area contributed by atoms with Crippen molar-refractivity contribution >= 4 is 0 Å². The highest BCUT2D eigenvalue weighted by Crippen LogP contribution is 2.41. The average Bonchev–Trinajstić information content (AvgIpc) is 2.65. The Morgan fingerprint density at radius 1 is 1.00 bits per heavy atom. The van der Waals surface area contributed by atoms with Crippen molar-refractivity contribution in [1.82, 2.24) is 4.90 Å². The Labute approximate surface area is 120 Å². The van der Waals surface area contributed by atoms with Crippen molar-refractivity contribution in [2.45, 2.75) is 83.2 Å². The SMILES string of the molecule is CC1CC(C)CC(CN)(N(C)C2CCCCCC2)C1. The fourth-order valence-electron chi connectivity index (χ4n) is 4.87. The summed E-state index contributed by atoms with van der Waals surface area (Å²) >= 11 is 0. The third-order valence-corrected chi connectivity index (χ3v) is 5.76. The van der Waals surface area contributed by atoms with Gasteiger partial charge in [-0.2, -0.15) is 0 Å². The zero-order valence-electron chi connectivity index (χ0n) is 13.3. The lowest BCUT2D eigenvalue weighted by Crippen LogP contribution is -2.59. The van der Waals surface area contributed by atoms with Crippen LogP contribution >= 0.6 is 0 Å². The maximum atomic E-state index is 6.27. The van der Waals surface area contributed by atoms with E-state index in [1.165, 1.54) is 57.8 Å². The standard InChI is InChI=1S/C17H34N2/c1-14-10-15(2)12-17(11-14,13-18)19(3)16-8-6-4-5-7-9-16/h14-16H,4-13,18H2,1-3H3. The van der Waals surface area contributed by atoms with Crippen molar-refractivity contribution in [3.05, 3.63) is 0 Å². The molecule has 2 unspecified atom stereocenters. The van der Waals surface area contributed by atoms with Gasteiger partial charge in [0.1, 0.15) is 0 Å². The van der Waals surface area contributed by atoms with Gasteiger partial charge in [0.2, 0.25) is 0 Å². The highest BCUT2D eigenvalue weighted by Gasteiger charge is 2.42. The maximum Gasteiger partial charge on any atom is 0.0336 e. The molecule has 2 heteroatoms. The molecule has 0 amide bonds. The zero-order chi connectivity index (χ0) is 13.9. The lowest BCUT2D eigenvalue weighted by atomic mass is 9.70. The minimum Gasteiger partial charge on any atom is -0.329 e. The maximum absolute atomic E-state index is 6.27. The summed E-state index contributed by atoms with van der Waals surface area (Å²) in [5, 5.41) is 0. The van der Waals surface area contributed by atoms with Crippen LogP contribution in [-0.4, -0.2) is 30.1 Å². The van der Waals surface area contributed by atoms with Crippen molar-refractivity contribution in [2.24, 2.45) is 17.6 Å². The summed E-state index contributed by atoms with van der Waals surface area (Å²) in [6.07, 6.45) is 12.5. The van der Waals surface area contributed by atoms with Crippen molar-refractivity contribution in [3.8, 4) is 0 Å². The van der Waals surface area contributed by atoms with Gasteiger partial charge in [0.25, 0.3) is 0 Å². The Morgan fingerprint density at radius 2 is 1.53 bits per heavy atom. The molecule has 112 valence electrons. The first kappa shape index (κ1) is 15.3. The number of rotatable bonds is 3. The van der Waals surface area contributed by atoms with E-state index in [-0.39, 0.29) is 5.54 Å². The molecule has 2 nitrogen and oxygen atoms in total. The van der Waals surface area contributed by atoms with Crippen molar-refractivity contribution in [1.29, 1.82) is 0 Å². The first-order chi connectivity index (χ1) is 9.07. The third-order valence-electron chi connectivity index (χ3n) is 5.76. The fraction of sp³-hybridized carbons (Fsp3) is 1.00. The molecule has 2 aliphatic rings. The molecule has 2 fully saturated rings. The van der Waals surface area contributed by atoms with Crippen LogP contribution in [-0.2, 0) is 0 Å². The van der Waals surface area contributed by atoms with Crippen molar-refractivity contribution in [2.75, 3.05) is 13.6 Å². The van der Waals surface area contributed by atoms with Crippen LogP contribution in [0.15, 0.2) is 0 Å². The second-order valence-electron chi connectivity index (χ2n) is 7.54. The van der Waals surface area contributed by atoms with Crippen molar-refractivity contribution in [3.63, 3.8) is 0 Å². The smallest absolute Gasteiger partial charge is 0.0336 e. The van der Waals surface area contributed by atoms with Gasteiger partial charge < -0.3 is 5.73 Å². The summed E-state index contributed by atoms with van der Waals surface area (Å²) < 4.78 is 0. The largest absolute Gasteiger partial charge is 0.329 e. The number of nitrogens with zero attached hydrogens (tertiary/aromatic N) is 1. The third kappa shape index (κ3) is 3.52. The molecule has 2 aliphatic carbocycles. The van der Waals surface area contributed by atoms with E-state index < -0.39 is 0 Å². The van der Waals surface area contributed by atoms with Crippen molar-refractivity contribution < 1.29 is 0 Å². The highest BCUT2D eigenvalue weighted by molar-refractivity contribution is 4.98. The van der Waals surface area contributed by atoms with Crippen LogP contribution < -0.4 is 5.73 Å². The van der Waals surface area contributed by atoms with E-state index in [1.54, 1.807) is 0 Å². The van der Waals surface area contributed by atoms with E-state index in [1.807, 2.05) is 0 Å². The van der Waals surface area contributed by atoms with Crippen LogP contribution in [0.2, 0.25) is 0 Å². The van der Waals surface area contributed by atoms with E-state index in [4.69, 9.17) is 5.73 Å². The van der Waals surface area contributed by atoms with Gasteiger partial charge >= 0.3 is 0 Å². The Kier molecular flexibility index (Phi) is 5.30. The molecule has 2 atom stereocenters.